The summed E-state index contributed by atoms with van der Waals surface area (Å²) in [6.45, 7) is 9.99. The molecule has 114 valence electrons. The zero-order chi connectivity index (χ0) is 12.3. The Morgan fingerprint density at radius 1 is 1.26 bits per heavy atom. The van der Waals surface area contributed by atoms with E-state index in [0.717, 1.165) is 45.9 Å². The Balaban J connectivity index is 0.00000162. The molecule has 5 nitrogen and oxygen atoms in total. The summed E-state index contributed by atoms with van der Waals surface area (Å²) in [5, 5.41) is 3.31. The van der Waals surface area contributed by atoms with Crippen molar-refractivity contribution in [2.45, 2.75) is 25.9 Å². The van der Waals surface area contributed by atoms with Crippen LogP contribution in [0.4, 0.5) is 0 Å². The number of carbonyl (C=O) groups is 1. The molecule has 2 aliphatic heterocycles. The van der Waals surface area contributed by atoms with Crippen LogP contribution < -0.4 is 5.32 Å². The van der Waals surface area contributed by atoms with Crippen LogP contribution in [0.3, 0.4) is 0 Å². The molecule has 0 aromatic carbocycles. The number of carbonyl (C=O) groups excluding carboxylic acids is 1. The lowest BCUT2D eigenvalue weighted by Crippen LogP contribution is -2.58. The van der Waals surface area contributed by atoms with Gasteiger partial charge in [-0.2, -0.15) is 0 Å². The lowest BCUT2D eigenvalue weighted by atomic mass is 10.1. The van der Waals surface area contributed by atoms with Crippen molar-refractivity contribution in [1.29, 1.82) is 0 Å². The second-order valence-corrected chi connectivity index (χ2v) is 4.91. The highest BCUT2D eigenvalue weighted by molar-refractivity contribution is 5.85. The van der Waals surface area contributed by atoms with E-state index in [1.807, 2.05) is 11.8 Å². The minimum absolute atomic E-state index is 0. The molecular formula is C12H25Cl2N3O2. The lowest BCUT2D eigenvalue weighted by molar-refractivity contribution is -0.140. The number of hydrogen-bond donors (Lipinski definition) is 1. The third kappa shape index (κ3) is 4.76. The van der Waals surface area contributed by atoms with Gasteiger partial charge in [-0.05, 0) is 13.8 Å². The number of nitrogens with zero attached hydrogens (tertiary/aromatic N) is 2. The van der Waals surface area contributed by atoms with Crippen molar-refractivity contribution in [1.82, 2.24) is 15.1 Å². The van der Waals surface area contributed by atoms with Gasteiger partial charge < -0.3 is 15.0 Å². The largest absolute Gasteiger partial charge is 0.379 e. The van der Waals surface area contributed by atoms with E-state index in [-0.39, 0.29) is 36.8 Å². The van der Waals surface area contributed by atoms with Gasteiger partial charge in [0.1, 0.15) is 0 Å². The van der Waals surface area contributed by atoms with E-state index in [9.17, 15) is 4.79 Å². The number of hydrogen-bond acceptors (Lipinski definition) is 4. The van der Waals surface area contributed by atoms with Gasteiger partial charge in [-0.25, -0.2) is 0 Å². The molecule has 0 saturated carbocycles. The van der Waals surface area contributed by atoms with Crippen LogP contribution in [-0.2, 0) is 9.53 Å². The van der Waals surface area contributed by atoms with Crippen molar-refractivity contribution >= 4 is 30.7 Å². The molecule has 0 aromatic rings. The fourth-order valence-electron chi connectivity index (χ4n) is 2.53. The molecule has 0 aromatic heterocycles. The van der Waals surface area contributed by atoms with E-state index in [4.69, 9.17) is 4.74 Å². The van der Waals surface area contributed by atoms with Gasteiger partial charge in [-0.15, -0.1) is 24.8 Å². The Morgan fingerprint density at radius 2 is 1.89 bits per heavy atom. The van der Waals surface area contributed by atoms with Gasteiger partial charge in [-0.1, -0.05) is 0 Å². The molecule has 2 rings (SSSR count). The molecule has 0 bridgehead atoms. The summed E-state index contributed by atoms with van der Waals surface area (Å²) in [4.78, 5) is 16.7. The van der Waals surface area contributed by atoms with Crippen LogP contribution in [0.15, 0.2) is 0 Å². The van der Waals surface area contributed by atoms with Crippen LogP contribution in [0.5, 0.6) is 0 Å². The highest BCUT2D eigenvalue weighted by Gasteiger charge is 2.30. The number of rotatable bonds is 2. The van der Waals surface area contributed by atoms with Crippen molar-refractivity contribution < 1.29 is 9.53 Å². The molecule has 2 atom stereocenters. The van der Waals surface area contributed by atoms with Crippen molar-refractivity contribution in [3.05, 3.63) is 0 Å². The fraction of sp³-hybridized carbons (Fsp3) is 0.917. The molecule has 1 N–H and O–H groups in total. The molecule has 0 radical (unpaired) electrons. The zero-order valence-electron chi connectivity index (χ0n) is 11.6. The summed E-state index contributed by atoms with van der Waals surface area (Å²) in [5.41, 5.74) is 0. The van der Waals surface area contributed by atoms with Crippen LogP contribution in [0.1, 0.15) is 13.8 Å². The lowest BCUT2D eigenvalue weighted by Gasteiger charge is -2.39. The number of amides is 1. The molecule has 19 heavy (non-hydrogen) atoms. The van der Waals surface area contributed by atoms with Crippen LogP contribution in [0, 0.1) is 0 Å². The summed E-state index contributed by atoms with van der Waals surface area (Å²) in [6.07, 6.45) is 0. The van der Waals surface area contributed by atoms with Crippen LogP contribution in [-0.4, -0.2) is 73.7 Å². The smallest absolute Gasteiger partial charge is 0.239 e. The minimum Gasteiger partial charge on any atom is -0.379 e. The average molecular weight is 314 g/mol. The van der Waals surface area contributed by atoms with Crippen molar-refractivity contribution in [2.24, 2.45) is 0 Å². The maximum atomic E-state index is 12.4. The number of ether oxygens (including phenoxy) is 1. The molecule has 0 aliphatic carbocycles. The Labute approximate surface area is 127 Å². The quantitative estimate of drug-likeness (QED) is 0.800. The van der Waals surface area contributed by atoms with E-state index >= 15 is 0 Å². The van der Waals surface area contributed by atoms with Crippen molar-refractivity contribution in [3.63, 3.8) is 0 Å². The Bertz CT molecular complexity index is 276. The fourth-order valence-corrected chi connectivity index (χ4v) is 2.53. The highest BCUT2D eigenvalue weighted by atomic mass is 35.5. The zero-order valence-corrected chi connectivity index (χ0v) is 13.3. The highest BCUT2D eigenvalue weighted by Crippen LogP contribution is 2.11. The second kappa shape index (κ2) is 8.97. The molecule has 2 heterocycles. The molecule has 2 aliphatic rings. The topological polar surface area (TPSA) is 44.8 Å². The molecule has 0 spiro atoms. The van der Waals surface area contributed by atoms with Crippen molar-refractivity contribution in [3.8, 4) is 0 Å². The Hall–Kier alpha value is -0.0700. The Morgan fingerprint density at radius 3 is 2.47 bits per heavy atom. The first-order valence-electron chi connectivity index (χ1n) is 6.53. The maximum absolute atomic E-state index is 12.4. The number of halogens is 2. The van der Waals surface area contributed by atoms with Gasteiger partial charge >= 0.3 is 0 Å². The number of piperazine rings is 1. The first-order valence-corrected chi connectivity index (χ1v) is 6.53. The molecule has 2 saturated heterocycles. The van der Waals surface area contributed by atoms with E-state index < -0.39 is 0 Å². The van der Waals surface area contributed by atoms with E-state index in [0.29, 0.717) is 6.04 Å². The van der Waals surface area contributed by atoms with Crippen LogP contribution >= 0.6 is 24.8 Å². The summed E-state index contributed by atoms with van der Waals surface area (Å²) in [6, 6.07) is 0.291. The summed E-state index contributed by atoms with van der Waals surface area (Å²) in [5.74, 6) is 0.265. The van der Waals surface area contributed by atoms with Gasteiger partial charge in [0.15, 0.2) is 0 Å². The monoisotopic (exact) mass is 313 g/mol. The first kappa shape index (κ1) is 18.9. The predicted octanol–water partition coefficient (Wildman–Crippen LogP) is 0.371. The van der Waals surface area contributed by atoms with Gasteiger partial charge in [0.05, 0.1) is 19.3 Å². The van der Waals surface area contributed by atoms with Crippen LogP contribution in [0.25, 0.3) is 0 Å². The Kier molecular flexibility index (Phi) is 8.94. The third-order valence-corrected chi connectivity index (χ3v) is 3.74. The third-order valence-electron chi connectivity index (χ3n) is 3.74. The standard InChI is InChI=1S/C12H23N3O2.2ClH/c1-10-9-13-3-4-15(10)12(16)11(2)14-5-7-17-8-6-14;;/h10-11,13H,3-9H2,1-2H3;2*1H/t10-,11?;;/m0../s1. The number of nitrogens with one attached hydrogen (secondary N) is 1. The van der Waals surface area contributed by atoms with E-state index in [1.54, 1.807) is 0 Å². The van der Waals surface area contributed by atoms with Crippen molar-refractivity contribution in [2.75, 3.05) is 45.9 Å². The molecule has 2 fully saturated rings. The van der Waals surface area contributed by atoms with E-state index in [2.05, 4.69) is 17.1 Å². The van der Waals surface area contributed by atoms with Gasteiger partial charge in [0.2, 0.25) is 5.91 Å². The minimum atomic E-state index is -0.0144. The first-order chi connectivity index (χ1) is 8.20. The summed E-state index contributed by atoms with van der Waals surface area (Å²) < 4.78 is 5.32. The normalized spacial score (nSPS) is 26.0. The SMILES string of the molecule is CC(C(=O)N1CCNC[C@@H]1C)N1CCOCC1.Cl.Cl. The van der Waals surface area contributed by atoms with Crippen LogP contribution in [0.2, 0.25) is 0 Å². The average Bonchev–Trinajstić information content (AvgIpc) is 2.39. The second-order valence-electron chi connectivity index (χ2n) is 4.91. The summed E-state index contributed by atoms with van der Waals surface area (Å²) >= 11 is 0. The van der Waals surface area contributed by atoms with E-state index in [1.165, 1.54) is 0 Å². The molecule has 1 unspecified atom stereocenters. The molecular weight excluding hydrogens is 289 g/mol. The van der Waals surface area contributed by atoms with Gasteiger partial charge in [-0.3, -0.25) is 9.69 Å². The van der Waals surface area contributed by atoms with Gasteiger partial charge in [0, 0.05) is 38.8 Å². The molecule has 7 heteroatoms. The maximum Gasteiger partial charge on any atom is 0.239 e. The molecule has 1 amide bonds. The number of morpholine rings is 1. The predicted molar refractivity (Wildman–Crippen MR) is 80.4 cm³/mol. The van der Waals surface area contributed by atoms with Gasteiger partial charge in [0.25, 0.3) is 0 Å². The summed E-state index contributed by atoms with van der Waals surface area (Å²) in [7, 11) is 0.